The third kappa shape index (κ3) is 4.84. The monoisotopic (exact) mass is 377 g/mol. The van der Waals surface area contributed by atoms with E-state index >= 15 is 0 Å². The van der Waals surface area contributed by atoms with E-state index in [1.807, 2.05) is 30.0 Å². The van der Waals surface area contributed by atoms with Crippen LogP contribution < -0.4 is 10.2 Å². The van der Waals surface area contributed by atoms with Crippen LogP contribution in [0.15, 0.2) is 42.5 Å². The topological polar surface area (TPSA) is 74.2 Å². The van der Waals surface area contributed by atoms with Gasteiger partial charge >= 0.3 is 0 Å². The molecule has 146 valence electrons. The molecule has 2 aromatic carbocycles. The highest BCUT2D eigenvalue weighted by Crippen LogP contribution is 2.25. The van der Waals surface area contributed by atoms with E-state index in [0.717, 1.165) is 22.4 Å². The maximum atomic E-state index is 9.52. The van der Waals surface area contributed by atoms with Crippen molar-refractivity contribution in [3.63, 3.8) is 0 Å². The molecule has 6 heteroatoms. The lowest BCUT2D eigenvalue weighted by Gasteiger charge is -2.22. The summed E-state index contributed by atoms with van der Waals surface area (Å²) in [5, 5.41) is 12.9. The summed E-state index contributed by atoms with van der Waals surface area (Å²) in [6.45, 7) is 9.18. The molecule has 1 heterocycles. The van der Waals surface area contributed by atoms with Crippen molar-refractivity contribution in [1.29, 1.82) is 0 Å². The molecule has 0 aliphatic rings. The average molecular weight is 377 g/mol. The van der Waals surface area contributed by atoms with E-state index in [9.17, 15) is 5.11 Å². The number of aliphatic hydroxyl groups is 1. The summed E-state index contributed by atoms with van der Waals surface area (Å²) in [6.07, 6.45) is 0. The van der Waals surface area contributed by atoms with Crippen molar-refractivity contribution in [2.75, 3.05) is 23.4 Å². The van der Waals surface area contributed by atoms with E-state index < -0.39 is 0 Å². The van der Waals surface area contributed by atoms with E-state index in [0.29, 0.717) is 30.8 Å². The lowest BCUT2D eigenvalue weighted by Crippen LogP contribution is -2.28. The lowest BCUT2D eigenvalue weighted by molar-refractivity contribution is 0.300. The van der Waals surface area contributed by atoms with Gasteiger partial charge in [0.05, 0.1) is 6.61 Å². The highest BCUT2D eigenvalue weighted by Gasteiger charge is 2.14. The minimum Gasteiger partial charge on any atom is -0.395 e. The van der Waals surface area contributed by atoms with Crippen LogP contribution in [0.5, 0.6) is 0 Å². The summed E-state index contributed by atoms with van der Waals surface area (Å²) in [5.41, 5.74) is 5.67. The zero-order chi connectivity index (χ0) is 20.1. The number of hydrogen-bond donors (Lipinski definition) is 2. The predicted molar refractivity (Wildman–Crippen MR) is 113 cm³/mol. The first-order chi connectivity index (χ1) is 13.5. The Balaban J connectivity index is 1.91. The molecule has 1 aromatic heterocycles. The van der Waals surface area contributed by atoms with Crippen LogP contribution in [0.4, 0.5) is 17.6 Å². The van der Waals surface area contributed by atoms with Crippen LogP contribution in [0.1, 0.15) is 28.1 Å². The second-order valence-electron chi connectivity index (χ2n) is 7.04. The number of aryl methyl sites for hydroxylation is 4. The molecule has 0 unspecified atom stereocenters. The molecule has 0 saturated heterocycles. The number of rotatable bonds is 7. The van der Waals surface area contributed by atoms with Crippen LogP contribution in [-0.2, 0) is 6.54 Å². The first-order valence-corrected chi connectivity index (χ1v) is 9.43. The summed E-state index contributed by atoms with van der Waals surface area (Å²) < 4.78 is 0. The molecular formula is C22H27N5O. The Morgan fingerprint density at radius 3 is 2.25 bits per heavy atom. The van der Waals surface area contributed by atoms with E-state index in [2.05, 4.69) is 65.3 Å². The van der Waals surface area contributed by atoms with Gasteiger partial charge in [0.25, 0.3) is 0 Å². The number of aromatic nitrogens is 3. The largest absolute Gasteiger partial charge is 0.395 e. The molecule has 0 aliphatic carbocycles. The second-order valence-corrected chi connectivity index (χ2v) is 7.04. The summed E-state index contributed by atoms with van der Waals surface area (Å²) in [4.78, 5) is 15.6. The number of benzene rings is 2. The second kappa shape index (κ2) is 8.80. The summed E-state index contributed by atoms with van der Waals surface area (Å²) in [6, 6.07) is 14.4. The third-order valence-corrected chi connectivity index (χ3v) is 4.52. The van der Waals surface area contributed by atoms with Gasteiger partial charge in [-0.1, -0.05) is 48.0 Å². The summed E-state index contributed by atoms with van der Waals surface area (Å²) >= 11 is 0. The maximum absolute atomic E-state index is 9.52. The molecule has 28 heavy (non-hydrogen) atoms. The molecule has 6 nitrogen and oxygen atoms in total. The Hall–Kier alpha value is -2.99. The molecule has 0 aliphatic heterocycles. The quantitative estimate of drug-likeness (QED) is 0.651. The summed E-state index contributed by atoms with van der Waals surface area (Å²) in [5.74, 6) is 1.69. The molecule has 0 spiro atoms. The minimum atomic E-state index is 0.0243. The standard InChI is InChI=1S/C22H27N5O/c1-15-12-16(2)20(17(3)13-15)25-21-23-18(4)24-22(26-21)27(10-11-28)14-19-8-6-5-7-9-19/h5-9,12-13,28H,10-11,14H2,1-4H3,(H,23,24,25,26). The van der Waals surface area contributed by atoms with E-state index in [1.54, 1.807) is 0 Å². The lowest BCUT2D eigenvalue weighted by atomic mass is 10.1. The van der Waals surface area contributed by atoms with Gasteiger partial charge in [-0.3, -0.25) is 0 Å². The highest BCUT2D eigenvalue weighted by atomic mass is 16.3. The number of nitrogens with one attached hydrogen (secondary N) is 1. The first-order valence-electron chi connectivity index (χ1n) is 9.43. The summed E-state index contributed by atoms with van der Waals surface area (Å²) in [7, 11) is 0. The van der Waals surface area contributed by atoms with Crippen LogP contribution in [0.2, 0.25) is 0 Å². The van der Waals surface area contributed by atoms with Gasteiger partial charge in [0, 0.05) is 18.8 Å². The highest BCUT2D eigenvalue weighted by molar-refractivity contribution is 5.64. The molecule has 0 fully saturated rings. The molecular weight excluding hydrogens is 350 g/mol. The molecule has 0 saturated carbocycles. The fourth-order valence-corrected chi connectivity index (χ4v) is 3.33. The van der Waals surface area contributed by atoms with Crippen molar-refractivity contribution in [1.82, 2.24) is 15.0 Å². The zero-order valence-electron chi connectivity index (χ0n) is 16.9. The first kappa shape index (κ1) is 19.8. The molecule has 0 amide bonds. The van der Waals surface area contributed by atoms with Crippen LogP contribution in [0.3, 0.4) is 0 Å². The molecule has 3 aromatic rings. The van der Waals surface area contributed by atoms with E-state index in [-0.39, 0.29) is 6.61 Å². The fourth-order valence-electron chi connectivity index (χ4n) is 3.33. The Morgan fingerprint density at radius 1 is 0.929 bits per heavy atom. The van der Waals surface area contributed by atoms with Gasteiger partial charge in [-0.15, -0.1) is 0 Å². The van der Waals surface area contributed by atoms with Crippen molar-refractivity contribution in [3.05, 3.63) is 70.5 Å². The van der Waals surface area contributed by atoms with Gasteiger partial charge in [0.15, 0.2) is 0 Å². The van der Waals surface area contributed by atoms with Crippen molar-refractivity contribution in [2.24, 2.45) is 0 Å². The molecule has 0 atom stereocenters. The zero-order valence-corrected chi connectivity index (χ0v) is 16.9. The fraction of sp³-hybridized carbons (Fsp3) is 0.318. The molecule has 3 rings (SSSR count). The van der Waals surface area contributed by atoms with Crippen LogP contribution in [-0.4, -0.2) is 33.2 Å². The molecule has 0 bridgehead atoms. The van der Waals surface area contributed by atoms with Gasteiger partial charge in [-0.2, -0.15) is 15.0 Å². The third-order valence-electron chi connectivity index (χ3n) is 4.52. The Kier molecular flexibility index (Phi) is 6.21. The Labute approximate surface area is 166 Å². The van der Waals surface area contributed by atoms with Crippen molar-refractivity contribution in [2.45, 2.75) is 34.2 Å². The van der Waals surface area contributed by atoms with Crippen LogP contribution >= 0.6 is 0 Å². The van der Waals surface area contributed by atoms with E-state index in [1.165, 1.54) is 5.56 Å². The van der Waals surface area contributed by atoms with Gasteiger partial charge in [-0.25, -0.2) is 0 Å². The maximum Gasteiger partial charge on any atom is 0.232 e. The van der Waals surface area contributed by atoms with E-state index in [4.69, 9.17) is 0 Å². The van der Waals surface area contributed by atoms with Gasteiger partial charge in [0.2, 0.25) is 11.9 Å². The van der Waals surface area contributed by atoms with Crippen molar-refractivity contribution in [3.8, 4) is 0 Å². The SMILES string of the molecule is Cc1cc(C)c(Nc2nc(C)nc(N(CCO)Cc3ccccc3)n2)c(C)c1. The number of hydrogen-bond acceptors (Lipinski definition) is 6. The molecule has 0 radical (unpaired) electrons. The predicted octanol–water partition coefficient (Wildman–Crippen LogP) is 3.85. The normalized spacial score (nSPS) is 10.8. The number of anilines is 3. The average Bonchev–Trinajstić information content (AvgIpc) is 2.65. The number of aliphatic hydroxyl groups excluding tert-OH is 1. The van der Waals surface area contributed by atoms with Crippen LogP contribution in [0, 0.1) is 27.7 Å². The van der Waals surface area contributed by atoms with Gasteiger partial charge < -0.3 is 15.3 Å². The number of nitrogens with zero attached hydrogens (tertiary/aromatic N) is 4. The van der Waals surface area contributed by atoms with Gasteiger partial charge in [-0.05, 0) is 44.4 Å². The van der Waals surface area contributed by atoms with Crippen molar-refractivity contribution >= 4 is 17.6 Å². The minimum absolute atomic E-state index is 0.0243. The van der Waals surface area contributed by atoms with Crippen LogP contribution in [0.25, 0.3) is 0 Å². The van der Waals surface area contributed by atoms with Gasteiger partial charge in [0.1, 0.15) is 5.82 Å². The molecule has 2 N–H and O–H groups in total. The smallest absolute Gasteiger partial charge is 0.232 e. The Bertz CT molecular complexity index is 920. The van der Waals surface area contributed by atoms with Crippen molar-refractivity contribution < 1.29 is 5.11 Å². The Morgan fingerprint density at radius 2 is 1.61 bits per heavy atom.